The van der Waals surface area contributed by atoms with E-state index in [1.54, 1.807) is 12.1 Å². The zero-order valence-electron chi connectivity index (χ0n) is 14.8. The van der Waals surface area contributed by atoms with E-state index in [9.17, 15) is 9.18 Å². The van der Waals surface area contributed by atoms with Gasteiger partial charge in [0.25, 0.3) is 0 Å². The number of halogens is 2. The molecule has 1 fully saturated rings. The van der Waals surface area contributed by atoms with Gasteiger partial charge in [0, 0.05) is 29.6 Å². The number of hydrogen-bond donors (Lipinski definition) is 4. The van der Waals surface area contributed by atoms with Crippen molar-refractivity contribution in [2.45, 2.75) is 24.9 Å². The summed E-state index contributed by atoms with van der Waals surface area (Å²) >= 11 is 6.11. The van der Waals surface area contributed by atoms with Crippen molar-refractivity contribution in [1.82, 2.24) is 21.2 Å². The van der Waals surface area contributed by atoms with Crippen LogP contribution in [0.4, 0.5) is 4.39 Å². The summed E-state index contributed by atoms with van der Waals surface area (Å²) in [6, 6.07) is 12.2. The molecule has 0 spiro atoms. The summed E-state index contributed by atoms with van der Waals surface area (Å²) < 4.78 is 14.2. The van der Waals surface area contributed by atoms with Gasteiger partial charge in [-0.05, 0) is 42.3 Å². The zero-order chi connectivity index (χ0) is 19.0. The number of carbonyl (C=O) groups is 1. The summed E-state index contributed by atoms with van der Waals surface area (Å²) in [5, 5.41) is 3.64. The van der Waals surface area contributed by atoms with Crippen LogP contribution in [0.5, 0.6) is 0 Å². The first kappa shape index (κ1) is 18.0. The highest BCUT2D eigenvalue weighted by Crippen LogP contribution is 2.31. The summed E-state index contributed by atoms with van der Waals surface area (Å²) in [4.78, 5) is 15.5. The Bertz CT molecular complexity index is 1000. The predicted molar refractivity (Wildman–Crippen MR) is 105 cm³/mol. The van der Waals surface area contributed by atoms with Crippen molar-refractivity contribution in [3.63, 3.8) is 0 Å². The maximum Gasteiger partial charge on any atom is 0.240 e. The van der Waals surface area contributed by atoms with Gasteiger partial charge in [0.15, 0.2) is 0 Å². The van der Waals surface area contributed by atoms with E-state index in [1.807, 2.05) is 31.2 Å². The van der Waals surface area contributed by atoms with Crippen LogP contribution >= 0.6 is 11.6 Å². The summed E-state index contributed by atoms with van der Waals surface area (Å²) in [6.45, 7) is 2.92. The van der Waals surface area contributed by atoms with Crippen LogP contribution in [0.25, 0.3) is 22.2 Å². The van der Waals surface area contributed by atoms with Gasteiger partial charge >= 0.3 is 0 Å². The Labute approximate surface area is 161 Å². The molecule has 2 unspecified atom stereocenters. The number of alkyl halides is 1. The lowest BCUT2D eigenvalue weighted by Gasteiger charge is -2.13. The van der Waals surface area contributed by atoms with E-state index in [1.165, 1.54) is 6.07 Å². The van der Waals surface area contributed by atoms with Crippen molar-refractivity contribution in [3.05, 3.63) is 59.4 Å². The molecule has 0 bridgehead atoms. The van der Waals surface area contributed by atoms with Crippen molar-refractivity contribution in [1.29, 1.82) is 0 Å². The molecule has 1 aliphatic rings. The van der Waals surface area contributed by atoms with Crippen LogP contribution in [-0.2, 0) is 11.3 Å². The third-order valence-electron chi connectivity index (χ3n) is 4.93. The maximum absolute atomic E-state index is 14.2. The topological polar surface area (TPSA) is 69.0 Å². The van der Waals surface area contributed by atoms with Crippen molar-refractivity contribution in [2.24, 2.45) is 0 Å². The minimum atomic E-state index is -0.447. The minimum absolute atomic E-state index is 0.141. The lowest BCUT2D eigenvalue weighted by molar-refractivity contribution is -0.122. The Morgan fingerprint density at radius 1 is 1.30 bits per heavy atom. The number of fused-ring (bicyclic) bond motifs is 1. The largest absolute Gasteiger partial charge is 0.354 e. The molecule has 1 saturated heterocycles. The zero-order valence-corrected chi connectivity index (χ0v) is 15.5. The number of hydrogen-bond acceptors (Lipinski definition) is 3. The smallest absolute Gasteiger partial charge is 0.240 e. The SMILES string of the molecule is Cc1c(-c2ccccc2F)[nH]c2ccc(CNC(=O)C3NNCC3Cl)cc12. The van der Waals surface area contributed by atoms with Crippen LogP contribution in [0.2, 0.25) is 0 Å². The second-order valence-electron chi connectivity index (χ2n) is 6.72. The quantitative estimate of drug-likeness (QED) is 0.521. The molecule has 1 aromatic heterocycles. The van der Waals surface area contributed by atoms with Crippen molar-refractivity contribution < 1.29 is 9.18 Å². The van der Waals surface area contributed by atoms with Crippen molar-refractivity contribution in [2.75, 3.05) is 6.54 Å². The molecule has 1 amide bonds. The third-order valence-corrected chi connectivity index (χ3v) is 5.34. The molecule has 7 heteroatoms. The summed E-state index contributed by atoms with van der Waals surface area (Å²) in [5.41, 5.74) is 9.95. The van der Waals surface area contributed by atoms with Gasteiger partial charge in [0.1, 0.15) is 11.9 Å². The highest BCUT2D eigenvalue weighted by Gasteiger charge is 2.30. The van der Waals surface area contributed by atoms with Gasteiger partial charge in [-0.1, -0.05) is 18.2 Å². The Kier molecular flexibility index (Phi) is 4.86. The number of rotatable bonds is 4. The number of nitrogens with one attached hydrogen (secondary N) is 4. The standard InChI is InChI=1S/C20H20ClFN4O/c1-11-14-8-12(9-23-20(27)19-15(21)10-24-26-19)6-7-17(14)25-18(11)13-4-2-3-5-16(13)22/h2-8,15,19,24-26H,9-10H2,1H3,(H,23,27). The van der Waals surface area contributed by atoms with E-state index < -0.39 is 6.04 Å². The number of aryl methyl sites for hydroxylation is 1. The molecule has 1 aliphatic heterocycles. The molecule has 140 valence electrons. The predicted octanol–water partition coefficient (Wildman–Crippen LogP) is 2.98. The molecule has 0 aliphatic carbocycles. The molecule has 2 heterocycles. The second kappa shape index (κ2) is 7.31. The number of amides is 1. The van der Waals surface area contributed by atoms with Crippen LogP contribution in [0, 0.1) is 12.7 Å². The van der Waals surface area contributed by atoms with Gasteiger partial charge in [-0.3, -0.25) is 10.2 Å². The summed E-state index contributed by atoms with van der Waals surface area (Å²) in [7, 11) is 0. The van der Waals surface area contributed by atoms with Crippen molar-refractivity contribution >= 4 is 28.4 Å². The normalized spacial score (nSPS) is 19.5. The fourth-order valence-corrected chi connectivity index (χ4v) is 3.68. The van der Waals surface area contributed by atoms with Gasteiger partial charge in [0.2, 0.25) is 5.91 Å². The van der Waals surface area contributed by atoms with Crippen LogP contribution in [-0.4, -0.2) is 28.9 Å². The van der Waals surface area contributed by atoms with Gasteiger partial charge in [-0.25, -0.2) is 9.82 Å². The molecular formula is C20H20ClFN4O. The maximum atomic E-state index is 14.2. The first-order valence-corrected chi connectivity index (χ1v) is 9.24. The minimum Gasteiger partial charge on any atom is -0.354 e. The Morgan fingerprint density at radius 3 is 2.85 bits per heavy atom. The van der Waals surface area contributed by atoms with Crippen LogP contribution in [0.3, 0.4) is 0 Å². The molecule has 4 N–H and O–H groups in total. The van der Waals surface area contributed by atoms with E-state index in [2.05, 4.69) is 21.2 Å². The molecule has 5 nitrogen and oxygen atoms in total. The number of H-pyrrole nitrogens is 1. The number of hydrazine groups is 1. The molecule has 2 aromatic carbocycles. The molecule has 27 heavy (non-hydrogen) atoms. The fraction of sp³-hybridized carbons (Fsp3) is 0.250. The first-order chi connectivity index (χ1) is 13.0. The van der Waals surface area contributed by atoms with Gasteiger partial charge < -0.3 is 10.3 Å². The van der Waals surface area contributed by atoms with Crippen molar-refractivity contribution in [3.8, 4) is 11.3 Å². The molecule has 0 radical (unpaired) electrons. The lowest BCUT2D eigenvalue weighted by Crippen LogP contribution is -2.45. The summed E-state index contributed by atoms with van der Waals surface area (Å²) in [6.07, 6.45) is 0. The third kappa shape index (κ3) is 3.43. The lowest BCUT2D eigenvalue weighted by atomic mass is 10.0. The Morgan fingerprint density at radius 2 is 2.11 bits per heavy atom. The fourth-order valence-electron chi connectivity index (χ4n) is 3.42. The van der Waals surface area contributed by atoms with Gasteiger partial charge in [0.05, 0.1) is 11.1 Å². The van der Waals surface area contributed by atoms with E-state index >= 15 is 0 Å². The average Bonchev–Trinajstić information content (AvgIpc) is 3.24. The van der Waals surface area contributed by atoms with E-state index in [4.69, 9.17) is 11.6 Å². The van der Waals surface area contributed by atoms with E-state index in [0.29, 0.717) is 18.7 Å². The number of benzene rings is 2. The Balaban J connectivity index is 1.57. The molecular weight excluding hydrogens is 367 g/mol. The Hall–Kier alpha value is -2.41. The van der Waals surface area contributed by atoms with Crippen LogP contribution < -0.4 is 16.2 Å². The second-order valence-corrected chi connectivity index (χ2v) is 7.28. The summed E-state index contributed by atoms with van der Waals surface area (Å²) in [5.74, 6) is -0.397. The number of aromatic amines is 1. The van der Waals surface area contributed by atoms with Crippen LogP contribution in [0.1, 0.15) is 11.1 Å². The molecule has 4 rings (SSSR count). The highest BCUT2D eigenvalue weighted by molar-refractivity contribution is 6.23. The van der Waals surface area contributed by atoms with Gasteiger partial charge in [-0.15, -0.1) is 11.6 Å². The van der Waals surface area contributed by atoms with Crippen LogP contribution in [0.15, 0.2) is 42.5 Å². The average molecular weight is 387 g/mol. The first-order valence-electron chi connectivity index (χ1n) is 8.81. The highest BCUT2D eigenvalue weighted by atomic mass is 35.5. The van der Waals surface area contributed by atoms with E-state index in [0.717, 1.165) is 27.7 Å². The molecule has 2 atom stereocenters. The molecule has 0 saturated carbocycles. The monoisotopic (exact) mass is 386 g/mol. The molecule has 3 aromatic rings. The number of carbonyl (C=O) groups excluding carboxylic acids is 1. The number of aromatic nitrogens is 1. The van der Waals surface area contributed by atoms with E-state index in [-0.39, 0.29) is 17.1 Å². The van der Waals surface area contributed by atoms with Gasteiger partial charge in [-0.2, -0.15) is 0 Å².